The fraction of sp³-hybridized carbons (Fsp3) is 0.188. The van der Waals surface area contributed by atoms with Crippen molar-refractivity contribution in [2.45, 2.75) is 33.1 Å². The second-order valence-electron chi connectivity index (χ2n) is 10.4. The maximum atomic E-state index is 13.6. The SMILES string of the molecule is C=N/C=C(\C=C(/C)NC(=O)C1CC1)c1cnc2n[nH]c(-c3cc4c([nH]3)CC(C)=CC=C4c3ccc(F)cc3)c2c1. The van der Waals surface area contributed by atoms with Crippen LogP contribution in [0.5, 0.6) is 0 Å². The molecule has 3 N–H and O–H groups in total. The Bertz CT molecular complexity index is 1760. The summed E-state index contributed by atoms with van der Waals surface area (Å²) in [5.41, 5.74) is 9.92. The third kappa shape index (κ3) is 5.08. The average molecular weight is 533 g/mol. The molecule has 1 saturated carbocycles. The van der Waals surface area contributed by atoms with Crippen molar-refractivity contribution in [3.8, 4) is 11.4 Å². The first-order valence-corrected chi connectivity index (χ1v) is 13.3. The second kappa shape index (κ2) is 10.4. The molecule has 4 aromatic rings. The Morgan fingerprint density at radius 2 is 2.00 bits per heavy atom. The third-order valence-electron chi connectivity index (χ3n) is 7.22. The minimum absolute atomic E-state index is 0.0519. The van der Waals surface area contributed by atoms with Crippen LogP contribution in [-0.4, -0.2) is 32.8 Å². The quantitative estimate of drug-likeness (QED) is 0.187. The van der Waals surface area contributed by atoms with Crippen molar-refractivity contribution < 1.29 is 9.18 Å². The smallest absolute Gasteiger partial charge is 0.227 e. The Morgan fingerprint density at radius 1 is 1.20 bits per heavy atom. The van der Waals surface area contributed by atoms with Gasteiger partial charge in [-0.25, -0.2) is 9.37 Å². The van der Waals surface area contributed by atoms with Crippen LogP contribution in [0.25, 0.3) is 33.6 Å². The molecule has 8 heteroatoms. The van der Waals surface area contributed by atoms with Crippen LogP contribution in [0.1, 0.15) is 49.1 Å². The summed E-state index contributed by atoms with van der Waals surface area (Å²) < 4.78 is 13.6. The molecule has 1 fully saturated rings. The number of nitrogens with zero attached hydrogens (tertiary/aromatic N) is 3. The Labute approximate surface area is 231 Å². The summed E-state index contributed by atoms with van der Waals surface area (Å²) in [6.07, 6.45) is 12.1. The number of carbonyl (C=O) groups excluding carboxylic acids is 1. The van der Waals surface area contributed by atoms with Crippen molar-refractivity contribution in [2.24, 2.45) is 10.9 Å². The molecule has 0 aliphatic heterocycles. The molecule has 0 saturated heterocycles. The number of benzene rings is 1. The first-order chi connectivity index (χ1) is 19.4. The molecule has 1 amide bonds. The topological polar surface area (TPSA) is 98.8 Å². The zero-order valence-corrected chi connectivity index (χ0v) is 22.4. The molecule has 0 atom stereocenters. The normalized spacial score (nSPS) is 15.8. The number of fused-ring (bicyclic) bond motifs is 2. The van der Waals surface area contributed by atoms with Crippen molar-refractivity contribution >= 4 is 34.8 Å². The van der Waals surface area contributed by atoms with E-state index in [0.29, 0.717) is 5.65 Å². The summed E-state index contributed by atoms with van der Waals surface area (Å²) in [6, 6.07) is 10.7. The van der Waals surface area contributed by atoms with Gasteiger partial charge in [0.1, 0.15) is 5.82 Å². The van der Waals surface area contributed by atoms with E-state index in [2.05, 4.69) is 62.3 Å². The molecule has 40 heavy (non-hydrogen) atoms. The van der Waals surface area contributed by atoms with Crippen LogP contribution in [0, 0.1) is 11.7 Å². The molecule has 0 unspecified atom stereocenters. The zero-order valence-electron chi connectivity index (χ0n) is 22.4. The summed E-state index contributed by atoms with van der Waals surface area (Å²) >= 11 is 0. The van der Waals surface area contributed by atoms with Crippen LogP contribution in [0.4, 0.5) is 4.39 Å². The number of aromatic amines is 2. The summed E-state index contributed by atoms with van der Waals surface area (Å²) in [5.74, 6) is -0.0910. The number of pyridine rings is 1. The van der Waals surface area contributed by atoms with Gasteiger partial charge in [0, 0.05) is 58.2 Å². The van der Waals surface area contributed by atoms with E-state index in [1.807, 2.05) is 19.1 Å². The maximum Gasteiger partial charge on any atom is 0.227 e. The molecule has 0 bridgehead atoms. The van der Waals surface area contributed by atoms with Gasteiger partial charge in [-0.15, -0.1) is 0 Å². The summed E-state index contributed by atoms with van der Waals surface area (Å²) in [4.78, 5) is 24.4. The van der Waals surface area contributed by atoms with Gasteiger partial charge in [0.2, 0.25) is 5.91 Å². The van der Waals surface area contributed by atoms with E-state index in [1.165, 1.54) is 17.7 Å². The predicted octanol–water partition coefficient (Wildman–Crippen LogP) is 6.50. The highest BCUT2D eigenvalue weighted by Crippen LogP contribution is 2.36. The molecule has 1 aromatic carbocycles. The summed E-state index contributed by atoms with van der Waals surface area (Å²) in [6.45, 7) is 7.58. The molecule has 2 aliphatic rings. The number of aromatic nitrogens is 4. The minimum Gasteiger partial charge on any atom is -0.356 e. The van der Waals surface area contributed by atoms with Crippen molar-refractivity contribution in [1.82, 2.24) is 25.5 Å². The Hall–Kier alpha value is -4.85. The van der Waals surface area contributed by atoms with E-state index >= 15 is 0 Å². The molecule has 3 heterocycles. The lowest BCUT2D eigenvalue weighted by molar-refractivity contribution is -0.121. The number of nitrogens with one attached hydrogen (secondary N) is 3. The van der Waals surface area contributed by atoms with Gasteiger partial charge in [-0.2, -0.15) is 5.10 Å². The lowest BCUT2D eigenvalue weighted by Crippen LogP contribution is -2.22. The van der Waals surface area contributed by atoms with Crippen molar-refractivity contribution in [2.75, 3.05) is 0 Å². The number of H-pyrrole nitrogens is 2. The monoisotopic (exact) mass is 532 g/mol. The fourth-order valence-corrected chi connectivity index (χ4v) is 5.01. The Morgan fingerprint density at radius 3 is 2.75 bits per heavy atom. The predicted molar refractivity (Wildman–Crippen MR) is 157 cm³/mol. The van der Waals surface area contributed by atoms with Gasteiger partial charge in [0.25, 0.3) is 0 Å². The lowest BCUT2D eigenvalue weighted by atomic mass is 9.97. The third-order valence-corrected chi connectivity index (χ3v) is 7.22. The number of carbonyl (C=O) groups is 1. The molecule has 0 radical (unpaired) electrons. The van der Waals surface area contributed by atoms with Gasteiger partial charge < -0.3 is 10.3 Å². The number of amides is 1. The standard InChI is InChI=1S/C32H29FN6O/c1-18-4-11-25(20-7-9-24(33)10-8-20)26-15-29(37-28(26)12-18)30-27-14-23(17-35-31(27)39-38-30)22(16-34-3)13-19(2)36-32(40)21-5-6-21/h4,7-11,13-17,21,37H,3,5-6,12H2,1-2H3,(H,36,40)(H,35,38,39)/b19-13+,22-16+. The van der Waals surface area contributed by atoms with E-state index in [4.69, 9.17) is 0 Å². The molecular weight excluding hydrogens is 503 g/mol. The molecule has 6 rings (SSSR count). The van der Waals surface area contributed by atoms with Crippen LogP contribution in [0.3, 0.4) is 0 Å². The van der Waals surface area contributed by atoms with E-state index in [9.17, 15) is 9.18 Å². The lowest BCUT2D eigenvalue weighted by Gasteiger charge is -2.07. The summed E-state index contributed by atoms with van der Waals surface area (Å²) in [5, 5.41) is 11.4. The van der Waals surface area contributed by atoms with Crippen LogP contribution in [0.2, 0.25) is 0 Å². The number of halogens is 1. The molecule has 2 aliphatic carbocycles. The molecule has 200 valence electrons. The highest BCUT2D eigenvalue weighted by molar-refractivity contribution is 5.94. The first-order valence-electron chi connectivity index (χ1n) is 13.3. The molecular formula is C32H29FN6O. The van der Waals surface area contributed by atoms with Crippen LogP contribution in [0.15, 0.2) is 83.3 Å². The Balaban J connectivity index is 1.38. The summed E-state index contributed by atoms with van der Waals surface area (Å²) in [7, 11) is 0. The van der Waals surface area contributed by atoms with Gasteiger partial charge in [-0.1, -0.05) is 29.9 Å². The van der Waals surface area contributed by atoms with Gasteiger partial charge in [-0.3, -0.25) is 14.9 Å². The van der Waals surface area contributed by atoms with Crippen molar-refractivity contribution in [3.63, 3.8) is 0 Å². The van der Waals surface area contributed by atoms with E-state index in [0.717, 1.165) is 75.3 Å². The maximum absolute atomic E-state index is 13.6. The van der Waals surface area contributed by atoms with Gasteiger partial charge in [0.15, 0.2) is 5.65 Å². The van der Waals surface area contributed by atoms with Crippen molar-refractivity contribution in [1.29, 1.82) is 0 Å². The number of allylic oxidation sites excluding steroid dienone is 6. The number of aliphatic imine (C=N–C) groups is 1. The highest BCUT2D eigenvalue weighted by Gasteiger charge is 2.29. The van der Waals surface area contributed by atoms with Crippen LogP contribution < -0.4 is 5.32 Å². The number of hydrogen-bond donors (Lipinski definition) is 3. The van der Waals surface area contributed by atoms with E-state index < -0.39 is 0 Å². The van der Waals surface area contributed by atoms with Crippen LogP contribution in [-0.2, 0) is 11.2 Å². The van der Waals surface area contributed by atoms with E-state index in [1.54, 1.807) is 24.5 Å². The average Bonchev–Trinajstić information content (AvgIpc) is 3.63. The number of rotatable bonds is 7. The zero-order chi connectivity index (χ0) is 27.8. The largest absolute Gasteiger partial charge is 0.356 e. The van der Waals surface area contributed by atoms with E-state index in [-0.39, 0.29) is 17.6 Å². The molecule has 3 aromatic heterocycles. The second-order valence-corrected chi connectivity index (χ2v) is 10.4. The fourth-order valence-electron chi connectivity index (χ4n) is 5.01. The molecule has 0 spiro atoms. The van der Waals surface area contributed by atoms with Gasteiger partial charge in [-0.05, 0) is 74.9 Å². The minimum atomic E-state index is -0.262. The Kier molecular flexibility index (Phi) is 6.59. The van der Waals surface area contributed by atoms with Gasteiger partial charge in [0.05, 0.1) is 11.4 Å². The highest BCUT2D eigenvalue weighted by atomic mass is 19.1. The van der Waals surface area contributed by atoms with Crippen molar-refractivity contribution in [3.05, 3.63) is 106 Å². The van der Waals surface area contributed by atoms with Crippen LogP contribution >= 0.6 is 0 Å². The van der Waals surface area contributed by atoms with Gasteiger partial charge >= 0.3 is 0 Å². The molecule has 7 nitrogen and oxygen atoms in total. The number of hydrogen-bond acceptors (Lipinski definition) is 4. The first kappa shape index (κ1) is 25.4.